The number of carbonyl (C=O) groups is 2. The molecule has 2 aromatic rings. The summed E-state index contributed by atoms with van der Waals surface area (Å²) in [4.78, 5) is 28.1. The number of ether oxygens (including phenoxy) is 1. The Morgan fingerprint density at radius 3 is 2.34 bits per heavy atom. The second kappa shape index (κ2) is 11.7. The lowest BCUT2D eigenvalue weighted by Gasteiger charge is -2.35. The number of nitrogens with zero attached hydrogens (tertiary/aromatic N) is 1. The molecule has 1 aliphatic rings. The lowest BCUT2D eigenvalue weighted by Crippen LogP contribution is -2.52. The maximum atomic E-state index is 13.5. The fourth-order valence-corrected chi connectivity index (χ4v) is 3.86. The van der Waals surface area contributed by atoms with E-state index in [2.05, 4.69) is 15.5 Å². The molecule has 1 aliphatic heterocycles. The molecular weight excluding hydrogens is 409 g/mol. The van der Waals surface area contributed by atoms with Gasteiger partial charge in [-0.3, -0.25) is 14.5 Å². The highest BCUT2D eigenvalue weighted by Gasteiger charge is 2.28. The van der Waals surface area contributed by atoms with Crippen LogP contribution in [-0.2, 0) is 9.53 Å². The van der Waals surface area contributed by atoms with Crippen molar-refractivity contribution >= 4 is 11.8 Å². The van der Waals surface area contributed by atoms with E-state index in [4.69, 9.17) is 4.74 Å². The van der Waals surface area contributed by atoms with Gasteiger partial charge in [0.15, 0.2) is 0 Å². The molecule has 172 valence electrons. The summed E-state index contributed by atoms with van der Waals surface area (Å²) in [5.41, 5.74) is 1.45. The van der Waals surface area contributed by atoms with Crippen molar-refractivity contribution in [3.63, 3.8) is 0 Å². The van der Waals surface area contributed by atoms with Crippen LogP contribution in [0.3, 0.4) is 0 Å². The molecule has 0 aliphatic carbocycles. The first-order valence-electron chi connectivity index (χ1n) is 11.2. The van der Waals surface area contributed by atoms with E-state index in [9.17, 15) is 14.0 Å². The Morgan fingerprint density at radius 2 is 1.72 bits per heavy atom. The van der Waals surface area contributed by atoms with Crippen LogP contribution in [0.1, 0.15) is 42.2 Å². The third-order valence-corrected chi connectivity index (χ3v) is 6.03. The van der Waals surface area contributed by atoms with E-state index in [0.29, 0.717) is 25.3 Å². The van der Waals surface area contributed by atoms with Crippen molar-refractivity contribution in [3.05, 3.63) is 71.5 Å². The summed E-state index contributed by atoms with van der Waals surface area (Å²) in [6, 6.07) is 14.5. The zero-order valence-corrected chi connectivity index (χ0v) is 18.7. The Kier molecular flexibility index (Phi) is 8.76. The van der Waals surface area contributed by atoms with Crippen LogP contribution in [0.25, 0.3) is 0 Å². The van der Waals surface area contributed by atoms with Crippen LogP contribution in [0.5, 0.6) is 0 Å². The topological polar surface area (TPSA) is 70.7 Å². The average Bonchev–Trinajstić information content (AvgIpc) is 2.84. The monoisotopic (exact) mass is 441 g/mol. The first-order valence-corrected chi connectivity index (χ1v) is 11.2. The van der Waals surface area contributed by atoms with Crippen molar-refractivity contribution in [2.75, 3.05) is 32.8 Å². The minimum atomic E-state index is -0.647. The number of morpholine rings is 1. The summed E-state index contributed by atoms with van der Waals surface area (Å²) >= 11 is 0. The third kappa shape index (κ3) is 6.37. The molecule has 1 saturated heterocycles. The predicted octanol–water partition coefficient (Wildman–Crippen LogP) is 3.16. The largest absolute Gasteiger partial charge is 0.379 e. The zero-order chi connectivity index (χ0) is 22.9. The fraction of sp³-hybridized carbons (Fsp3) is 0.440. The van der Waals surface area contributed by atoms with Gasteiger partial charge in [0, 0.05) is 25.2 Å². The van der Waals surface area contributed by atoms with E-state index < -0.39 is 6.04 Å². The van der Waals surface area contributed by atoms with Crippen LogP contribution < -0.4 is 10.6 Å². The third-order valence-electron chi connectivity index (χ3n) is 6.03. The highest BCUT2D eigenvalue weighted by Crippen LogP contribution is 2.22. The number of hydrogen-bond donors (Lipinski definition) is 2. The molecule has 6 nitrogen and oxygen atoms in total. The van der Waals surface area contributed by atoms with Crippen LogP contribution in [0.2, 0.25) is 0 Å². The maximum absolute atomic E-state index is 13.5. The summed E-state index contributed by atoms with van der Waals surface area (Å²) in [5, 5.41) is 5.94. The number of halogens is 1. The quantitative estimate of drug-likeness (QED) is 0.627. The molecule has 7 heteroatoms. The predicted molar refractivity (Wildman–Crippen MR) is 122 cm³/mol. The first-order chi connectivity index (χ1) is 15.5. The zero-order valence-electron chi connectivity index (χ0n) is 18.7. The van der Waals surface area contributed by atoms with Gasteiger partial charge < -0.3 is 15.4 Å². The number of rotatable bonds is 9. The minimum absolute atomic E-state index is 0.0321. The second-order valence-corrected chi connectivity index (χ2v) is 8.16. The summed E-state index contributed by atoms with van der Waals surface area (Å²) < 4.78 is 18.9. The molecule has 0 radical (unpaired) electrons. The van der Waals surface area contributed by atoms with E-state index >= 15 is 0 Å². The van der Waals surface area contributed by atoms with Gasteiger partial charge in [-0.2, -0.15) is 0 Å². The smallest absolute Gasteiger partial charge is 0.251 e. The van der Waals surface area contributed by atoms with E-state index in [-0.39, 0.29) is 29.6 Å². The molecule has 0 spiro atoms. The van der Waals surface area contributed by atoms with E-state index in [0.717, 1.165) is 25.1 Å². The van der Waals surface area contributed by atoms with Gasteiger partial charge >= 0.3 is 0 Å². The van der Waals surface area contributed by atoms with Crippen LogP contribution in [-0.4, -0.2) is 55.6 Å². The molecule has 0 bridgehead atoms. The number of benzene rings is 2. The molecule has 1 fully saturated rings. The van der Waals surface area contributed by atoms with Crippen molar-refractivity contribution < 1.29 is 18.7 Å². The van der Waals surface area contributed by atoms with Gasteiger partial charge in [0.1, 0.15) is 11.9 Å². The van der Waals surface area contributed by atoms with Gasteiger partial charge in [-0.1, -0.05) is 50.6 Å². The Morgan fingerprint density at radius 1 is 1.06 bits per heavy atom. The SMILES string of the molecule is CC[C@H](C)[C@H](NC(=O)c1ccccc1)C(=O)NCC(c1ccc(F)cc1)N1CCOCC1. The van der Waals surface area contributed by atoms with Gasteiger partial charge in [-0.15, -0.1) is 0 Å². The number of hydrogen-bond acceptors (Lipinski definition) is 4. The van der Waals surface area contributed by atoms with Crippen LogP contribution >= 0.6 is 0 Å². The van der Waals surface area contributed by atoms with Crippen molar-refractivity contribution in [2.24, 2.45) is 5.92 Å². The van der Waals surface area contributed by atoms with Gasteiger partial charge in [0.05, 0.1) is 19.3 Å². The molecule has 2 N–H and O–H groups in total. The number of nitrogens with one attached hydrogen (secondary N) is 2. The van der Waals surface area contributed by atoms with Crippen molar-refractivity contribution in [3.8, 4) is 0 Å². The van der Waals surface area contributed by atoms with E-state index in [1.165, 1.54) is 12.1 Å². The Bertz CT molecular complexity index is 870. The highest BCUT2D eigenvalue weighted by atomic mass is 19.1. The second-order valence-electron chi connectivity index (χ2n) is 8.16. The molecule has 1 heterocycles. The summed E-state index contributed by atoms with van der Waals surface area (Å²) in [6.07, 6.45) is 0.748. The van der Waals surface area contributed by atoms with Crippen LogP contribution in [0, 0.1) is 11.7 Å². The van der Waals surface area contributed by atoms with Crippen LogP contribution in [0.4, 0.5) is 4.39 Å². The average molecular weight is 442 g/mol. The first kappa shape index (κ1) is 23.9. The van der Waals surface area contributed by atoms with Crippen molar-refractivity contribution in [2.45, 2.75) is 32.4 Å². The Labute approximate surface area is 189 Å². The fourth-order valence-electron chi connectivity index (χ4n) is 3.86. The van der Waals surface area contributed by atoms with Crippen molar-refractivity contribution in [1.82, 2.24) is 15.5 Å². The molecule has 3 atom stereocenters. The van der Waals surface area contributed by atoms with Crippen molar-refractivity contribution in [1.29, 1.82) is 0 Å². The minimum Gasteiger partial charge on any atom is -0.379 e. The van der Waals surface area contributed by atoms with Gasteiger partial charge in [0.2, 0.25) is 5.91 Å². The lowest BCUT2D eigenvalue weighted by molar-refractivity contribution is -0.124. The molecular formula is C25H32FN3O3. The van der Waals surface area contributed by atoms with Gasteiger partial charge in [-0.05, 0) is 35.7 Å². The van der Waals surface area contributed by atoms with Crippen LogP contribution in [0.15, 0.2) is 54.6 Å². The molecule has 0 saturated carbocycles. The molecule has 32 heavy (non-hydrogen) atoms. The van der Waals surface area contributed by atoms with Gasteiger partial charge in [0.25, 0.3) is 5.91 Å². The summed E-state index contributed by atoms with van der Waals surface area (Å²) in [6.45, 7) is 7.01. The molecule has 3 rings (SSSR count). The normalized spacial score (nSPS) is 17.2. The molecule has 2 aromatic carbocycles. The highest BCUT2D eigenvalue weighted by molar-refractivity contribution is 5.97. The van der Waals surface area contributed by atoms with Gasteiger partial charge in [-0.25, -0.2) is 4.39 Å². The molecule has 2 amide bonds. The lowest BCUT2D eigenvalue weighted by atomic mass is 9.97. The number of amides is 2. The molecule has 0 aromatic heterocycles. The number of carbonyl (C=O) groups excluding carboxylic acids is 2. The summed E-state index contributed by atoms with van der Waals surface area (Å²) in [5.74, 6) is -0.812. The summed E-state index contributed by atoms with van der Waals surface area (Å²) in [7, 11) is 0. The van der Waals surface area contributed by atoms with E-state index in [1.807, 2.05) is 19.9 Å². The molecule has 1 unspecified atom stereocenters. The maximum Gasteiger partial charge on any atom is 0.251 e. The van der Waals surface area contributed by atoms with E-state index in [1.54, 1.807) is 36.4 Å². The Hall–Kier alpha value is -2.77. The Balaban J connectivity index is 1.71. The standard InChI is InChI=1S/C25H32FN3O3/c1-3-18(2)23(28-24(30)20-7-5-4-6-8-20)25(31)27-17-22(29-13-15-32-16-14-29)19-9-11-21(26)12-10-19/h4-12,18,22-23H,3,13-17H2,1-2H3,(H,27,31)(H,28,30)/t18-,22?,23-/m0/s1.